The molecule has 166 valence electrons. The van der Waals surface area contributed by atoms with Gasteiger partial charge in [0.1, 0.15) is 32.0 Å². The van der Waals surface area contributed by atoms with Crippen LogP contribution in [0, 0.1) is 19.7 Å². The van der Waals surface area contributed by atoms with Gasteiger partial charge in [0.25, 0.3) is 11.8 Å². The average molecular weight is 429 g/mol. The van der Waals surface area contributed by atoms with E-state index < -0.39 is 0 Å². The summed E-state index contributed by atoms with van der Waals surface area (Å²) in [4.78, 5) is 27.2. The fraction of sp³-hybridized carbons (Fsp3) is 0.417. The molecule has 1 aliphatic heterocycles. The molecule has 1 saturated heterocycles. The number of amides is 2. The average Bonchev–Trinajstić information content (AvgIpc) is 2.73. The van der Waals surface area contributed by atoms with Gasteiger partial charge in [0, 0.05) is 5.69 Å². The van der Waals surface area contributed by atoms with Crippen molar-refractivity contribution in [3.63, 3.8) is 0 Å². The Morgan fingerprint density at radius 1 is 0.903 bits per heavy atom. The number of carbonyl (C=O) groups excluding carboxylic acids is 2. The standard InChI is InChI=1S/C24H31FN4O2/c1-17-4-5-20(14-18(17)2)19(3)26-23(30)15-28-10-12-29(13-11-28)16-24(31)27-22-8-6-21(25)7-9-22/h4-9,14,19H,10-13,15-16H2,1-3H3,(H,26,30)(H,27,31)/p+2/t19-/m1/s1. The maximum Gasteiger partial charge on any atom is 0.279 e. The number of hydrogen-bond acceptors (Lipinski definition) is 2. The van der Waals surface area contributed by atoms with Crippen LogP contribution in [0.5, 0.6) is 0 Å². The molecule has 0 spiro atoms. The van der Waals surface area contributed by atoms with Crippen molar-refractivity contribution in [2.75, 3.05) is 44.6 Å². The SMILES string of the molecule is Cc1ccc([C@@H](C)NC(=O)C[NH+]2CC[NH+](CC(=O)Nc3ccc(F)cc3)CC2)cc1C. The van der Waals surface area contributed by atoms with Crippen molar-refractivity contribution in [2.24, 2.45) is 0 Å². The first-order valence-electron chi connectivity index (χ1n) is 10.9. The van der Waals surface area contributed by atoms with Crippen LogP contribution in [-0.2, 0) is 9.59 Å². The Bertz CT molecular complexity index is 908. The first kappa shape index (κ1) is 22.9. The molecule has 0 aromatic heterocycles. The highest BCUT2D eigenvalue weighted by atomic mass is 19.1. The Kier molecular flexibility index (Phi) is 7.76. The Morgan fingerprint density at radius 3 is 2.06 bits per heavy atom. The van der Waals surface area contributed by atoms with E-state index in [0.29, 0.717) is 18.8 Å². The van der Waals surface area contributed by atoms with E-state index in [1.165, 1.54) is 33.1 Å². The Hall–Kier alpha value is -2.77. The van der Waals surface area contributed by atoms with Gasteiger partial charge in [-0.05, 0) is 61.7 Å². The van der Waals surface area contributed by atoms with Crippen molar-refractivity contribution >= 4 is 17.5 Å². The van der Waals surface area contributed by atoms with E-state index in [4.69, 9.17) is 0 Å². The molecule has 0 radical (unpaired) electrons. The molecule has 0 saturated carbocycles. The van der Waals surface area contributed by atoms with Gasteiger partial charge in [-0.1, -0.05) is 18.2 Å². The third-order valence-electron chi connectivity index (χ3n) is 6.02. The zero-order chi connectivity index (χ0) is 22.4. The summed E-state index contributed by atoms with van der Waals surface area (Å²) >= 11 is 0. The third kappa shape index (κ3) is 6.87. The van der Waals surface area contributed by atoms with Gasteiger partial charge < -0.3 is 20.4 Å². The van der Waals surface area contributed by atoms with Crippen molar-refractivity contribution in [1.29, 1.82) is 0 Å². The fourth-order valence-electron chi connectivity index (χ4n) is 3.91. The van der Waals surface area contributed by atoms with Crippen LogP contribution >= 0.6 is 0 Å². The number of piperazine rings is 1. The van der Waals surface area contributed by atoms with Crippen LogP contribution < -0.4 is 20.4 Å². The first-order chi connectivity index (χ1) is 14.8. The van der Waals surface area contributed by atoms with Crippen LogP contribution in [0.3, 0.4) is 0 Å². The minimum Gasteiger partial charge on any atom is -0.345 e. The lowest BCUT2D eigenvalue weighted by molar-refractivity contribution is -1.00. The molecule has 31 heavy (non-hydrogen) atoms. The maximum atomic E-state index is 13.0. The number of rotatable bonds is 7. The zero-order valence-corrected chi connectivity index (χ0v) is 18.6. The van der Waals surface area contributed by atoms with Crippen LogP contribution in [0.25, 0.3) is 0 Å². The smallest absolute Gasteiger partial charge is 0.279 e. The second-order valence-corrected chi connectivity index (χ2v) is 8.54. The summed E-state index contributed by atoms with van der Waals surface area (Å²) in [6, 6.07) is 12.0. The molecule has 0 aliphatic carbocycles. The highest BCUT2D eigenvalue weighted by Gasteiger charge is 2.26. The van der Waals surface area contributed by atoms with Gasteiger partial charge in [0.15, 0.2) is 13.1 Å². The summed E-state index contributed by atoms with van der Waals surface area (Å²) in [5.41, 5.74) is 4.20. The summed E-state index contributed by atoms with van der Waals surface area (Å²) in [6.07, 6.45) is 0. The molecule has 1 heterocycles. The number of aryl methyl sites for hydroxylation is 2. The monoisotopic (exact) mass is 428 g/mol. The predicted octanol–water partition coefficient (Wildman–Crippen LogP) is 0.0418. The molecule has 1 fully saturated rings. The minimum atomic E-state index is -0.324. The predicted molar refractivity (Wildman–Crippen MR) is 119 cm³/mol. The molecular formula is C24H33FN4O2+2. The molecule has 2 amide bonds. The quantitative estimate of drug-likeness (QED) is 0.503. The highest BCUT2D eigenvalue weighted by molar-refractivity contribution is 5.91. The van der Waals surface area contributed by atoms with Gasteiger partial charge in [-0.2, -0.15) is 0 Å². The van der Waals surface area contributed by atoms with Crippen LogP contribution in [-0.4, -0.2) is 51.1 Å². The van der Waals surface area contributed by atoms with Crippen molar-refractivity contribution in [3.05, 3.63) is 65.0 Å². The largest absolute Gasteiger partial charge is 0.345 e. The maximum absolute atomic E-state index is 13.0. The molecule has 1 atom stereocenters. The second-order valence-electron chi connectivity index (χ2n) is 8.54. The van der Waals surface area contributed by atoms with Crippen LogP contribution in [0.15, 0.2) is 42.5 Å². The number of anilines is 1. The lowest BCUT2D eigenvalue weighted by Crippen LogP contribution is -3.28. The summed E-state index contributed by atoms with van der Waals surface area (Å²) < 4.78 is 13.0. The minimum absolute atomic E-state index is 0.0201. The van der Waals surface area contributed by atoms with E-state index in [1.807, 2.05) is 6.92 Å². The topological polar surface area (TPSA) is 67.1 Å². The van der Waals surface area contributed by atoms with Gasteiger partial charge in [0.2, 0.25) is 0 Å². The van der Waals surface area contributed by atoms with E-state index >= 15 is 0 Å². The number of nitrogens with one attached hydrogen (secondary N) is 4. The third-order valence-corrected chi connectivity index (χ3v) is 6.02. The first-order valence-corrected chi connectivity index (χ1v) is 10.9. The Labute approximate surface area is 183 Å². The Balaban J connectivity index is 1.39. The summed E-state index contributed by atoms with van der Waals surface area (Å²) in [6.45, 7) is 10.4. The molecule has 6 nitrogen and oxygen atoms in total. The van der Waals surface area contributed by atoms with E-state index in [2.05, 4.69) is 42.7 Å². The van der Waals surface area contributed by atoms with Gasteiger partial charge in [-0.15, -0.1) is 0 Å². The molecule has 0 unspecified atom stereocenters. The second kappa shape index (κ2) is 10.5. The van der Waals surface area contributed by atoms with E-state index in [-0.39, 0.29) is 23.7 Å². The van der Waals surface area contributed by atoms with Crippen molar-refractivity contribution in [2.45, 2.75) is 26.8 Å². The summed E-state index contributed by atoms with van der Waals surface area (Å²) in [7, 11) is 0. The summed E-state index contributed by atoms with van der Waals surface area (Å²) in [5.74, 6) is -0.349. The highest BCUT2D eigenvalue weighted by Crippen LogP contribution is 2.16. The number of hydrogen-bond donors (Lipinski definition) is 4. The van der Waals surface area contributed by atoms with Gasteiger partial charge in [-0.25, -0.2) is 4.39 Å². The van der Waals surface area contributed by atoms with Gasteiger partial charge in [-0.3, -0.25) is 9.59 Å². The molecule has 2 aromatic rings. The van der Waals surface area contributed by atoms with Crippen molar-refractivity contribution in [3.8, 4) is 0 Å². The van der Waals surface area contributed by atoms with Crippen LogP contribution in [0.2, 0.25) is 0 Å². The summed E-state index contributed by atoms with van der Waals surface area (Å²) in [5, 5.41) is 5.91. The van der Waals surface area contributed by atoms with E-state index in [0.717, 1.165) is 31.7 Å². The van der Waals surface area contributed by atoms with Crippen LogP contribution in [0.4, 0.5) is 10.1 Å². The Morgan fingerprint density at radius 2 is 1.48 bits per heavy atom. The normalized spacial score (nSPS) is 19.5. The molecule has 4 N–H and O–H groups in total. The molecule has 0 bridgehead atoms. The molecule has 7 heteroatoms. The molecular weight excluding hydrogens is 395 g/mol. The van der Waals surface area contributed by atoms with Crippen molar-refractivity contribution in [1.82, 2.24) is 5.32 Å². The molecule has 3 rings (SSSR count). The number of benzene rings is 2. The zero-order valence-electron chi connectivity index (χ0n) is 18.6. The van der Waals surface area contributed by atoms with Crippen molar-refractivity contribution < 1.29 is 23.8 Å². The van der Waals surface area contributed by atoms with Crippen LogP contribution in [0.1, 0.15) is 29.7 Å². The van der Waals surface area contributed by atoms with Gasteiger partial charge in [0.05, 0.1) is 6.04 Å². The number of carbonyl (C=O) groups is 2. The lowest BCUT2D eigenvalue weighted by Gasteiger charge is -2.29. The van der Waals surface area contributed by atoms with E-state index in [9.17, 15) is 14.0 Å². The molecule has 2 aromatic carbocycles. The molecule has 1 aliphatic rings. The van der Waals surface area contributed by atoms with Gasteiger partial charge >= 0.3 is 0 Å². The lowest BCUT2D eigenvalue weighted by atomic mass is 10.0. The number of quaternary nitrogens is 2. The number of halogens is 1. The fourth-order valence-corrected chi connectivity index (χ4v) is 3.91. The van der Waals surface area contributed by atoms with E-state index in [1.54, 1.807) is 12.1 Å².